The van der Waals surface area contributed by atoms with Crippen LogP contribution in [0.3, 0.4) is 0 Å². The number of hydrogen-bond acceptors (Lipinski definition) is 4. The van der Waals surface area contributed by atoms with Crippen LogP contribution in [0.1, 0.15) is 50.8 Å². The van der Waals surface area contributed by atoms with E-state index in [1.165, 1.54) is 0 Å². The first-order chi connectivity index (χ1) is 13.7. The van der Waals surface area contributed by atoms with Gasteiger partial charge >= 0.3 is 0 Å². The Labute approximate surface area is 170 Å². The monoisotopic (exact) mass is 388 g/mol. The maximum absolute atomic E-state index is 13.9. The Hall–Kier alpha value is -3.00. The minimum absolute atomic E-state index is 0.0370. The lowest BCUT2D eigenvalue weighted by Crippen LogP contribution is -2.50. The summed E-state index contributed by atoms with van der Waals surface area (Å²) in [4.78, 5) is 15.5. The highest BCUT2D eigenvalue weighted by Crippen LogP contribution is 2.57. The van der Waals surface area contributed by atoms with Crippen LogP contribution in [0.25, 0.3) is 0 Å². The molecule has 148 valence electrons. The molecule has 29 heavy (non-hydrogen) atoms. The third kappa shape index (κ3) is 2.42. The summed E-state index contributed by atoms with van der Waals surface area (Å²) in [7, 11) is 0. The van der Waals surface area contributed by atoms with Crippen LogP contribution in [0.5, 0.6) is 11.5 Å². The van der Waals surface area contributed by atoms with Crippen LogP contribution in [0.4, 0.5) is 5.69 Å². The van der Waals surface area contributed by atoms with E-state index < -0.39 is 11.0 Å². The molecule has 0 saturated carbocycles. The second kappa shape index (κ2) is 5.54. The van der Waals surface area contributed by atoms with Crippen LogP contribution in [-0.4, -0.2) is 23.7 Å². The van der Waals surface area contributed by atoms with E-state index in [-0.39, 0.29) is 18.1 Å². The van der Waals surface area contributed by atoms with Crippen molar-refractivity contribution in [1.29, 1.82) is 5.26 Å². The van der Waals surface area contributed by atoms with Crippen molar-refractivity contribution >= 4 is 11.6 Å². The molecule has 1 spiro atoms. The average Bonchev–Trinajstić information content (AvgIpc) is 3.05. The van der Waals surface area contributed by atoms with Crippen molar-refractivity contribution in [2.75, 3.05) is 11.4 Å². The maximum atomic E-state index is 13.9. The highest BCUT2D eigenvalue weighted by atomic mass is 16.5. The molecule has 5 rings (SSSR count). The Morgan fingerprint density at radius 1 is 1.03 bits per heavy atom. The zero-order valence-electron chi connectivity index (χ0n) is 17.2. The zero-order valence-corrected chi connectivity index (χ0v) is 17.2. The SMILES string of the molecule is CC1(C)Cc2cc3c(cc2O1)OC(C)(C)CC31C(=O)N(CC#N)c2ccccc21. The van der Waals surface area contributed by atoms with E-state index in [0.717, 1.165) is 34.5 Å². The number of carbonyl (C=O) groups excluding carboxylic acids is 1. The molecule has 2 aromatic rings. The summed E-state index contributed by atoms with van der Waals surface area (Å²) in [5, 5.41) is 9.35. The zero-order chi connectivity index (χ0) is 20.6. The Bertz CT molecular complexity index is 1100. The summed E-state index contributed by atoms with van der Waals surface area (Å²) in [5.41, 5.74) is 2.08. The van der Waals surface area contributed by atoms with Crippen LogP contribution in [0.15, 0.2) is 36.4 Å². The highest BCUT2D eigenvalue weighted by molar-refractivity contribution is 6.11. The Kier molecular flexibility index (Phi) is 3.45. The van der Waals surface area contributed by atoms with Crippen molar-refractivity contribution < 1.29 is 14.3 Å². The van der Waals surface area contributed by atoms with Gasteiger partial charge in [0.05, 0.1) is 6.07 Å². The van der Waals surface area contributed by atoms with Gasteiger partial charge in [-0.1, -0.05) is 18.2 Å². The Morgan fingerprint density at radius 3 is 2.52 bits per heavy atom. The minimum Gasteiger partial charge on any atom is -0.487 e. The maximum Gasteiger partial charge on any atom is 0.243 e. The number of fused-ring (bicyclic) bond motifs is 5. The highest BCUT2D eigenvalue weighted by Gasteiger charge is 2.58. The summed E-state index contributed by atoms with van der Waals surface area (Å²) in [6, 6.07) is 14.0. The molecule has 1 unspecified atom stereocenters. The van der Waals surface area contributed by atoms with Crippen LogP contribution >= 0.6 is 0 Å². The summed E-state index contributed by atoms with van der Waals surface area (Å²) in [5.74, 6) is 1.48. The number of benzene rings is 2. The number of nitriles is 1. The number of anilines is 1. The predicted octanol–water partition coefficient (Wildman–Crippen LogP) is 4.12. The molecule has 1 atom stereocenters. The molecule has 0 N–H and O–H groups in total. The van der Waals surface area contributed by atoms with Gasteiger partial charge in [0, 0.05) is 30.2 Å². The molecule has 2 aromatic carbocycles. The topological polar surface area (TPSA) is 62.6 Å². The largest absolute Gasteiger partial charge is 0.487 e. The van der Waals surface area contributed by atoms with Gasteiger partial charge in [0.1, 0.15) is 34.7 Å². The summed E-state index contributed by atoms with van der Waals surface area (Å²) in [6.07, 6.45) is 1.31. The second-order valence-corrected chi connectivity index (χ2v) is 9.51. The summed E-state index contributed by atoms with van der Waals surface area (Å²) < 4.78 is 12.5. The fourth-order valence-corrected chi connectivity index (χ4v) is 5.30. The van der Waals surface area contributed by atoms with Crippen molar-refractivity contribution in [1.82, 2.24) is 0 Å². The second-order valence-electron chi connectivity index (χ2n) is 9.51. The first kappa shape index (κ1) is 18.1. The van der Waals surface area contributed by atoms with Crippen molar-refractivity contribution in [3.8, 4) is 17.6 Å². The molecule has 0 fully saturated rings. The minimum atomic E-state index is -0.855. The summed E-state index contributed by atoms with van der Waals surface area (Å²) >= 11 is 0. The van der Waals surface area contributed by atoms with Gasteiger partial charge in [0.2, 0.25) is 5.91 Å². The van der Waals surface area contributed by atoms with E-state index in [9.17, 15) is 10.1 Å². The number of rotatable bonds is 1. The van der Waals surface area contributed by atoms with E-state index in [2.05, 4.69) is 26.0 Å². The van der Waals surface area contributed by atoms with Gasteiger partial charge in [-0.2, -0.15) is 5.26 Å². The van der Waals surface area contributed by atoms with Gasteiger partial charge in [-0.05, 0) is 51.0 Å². The van der Waals surface area contributed by atoms with Crippen molar-refractivity contribution in [3.05, 3.63) is 53.1 Å². The van der Waals surface area contributed by atoms with Gasteiger partial charge in [-0.25, -0.2) is 0 Å². The Morgan fingerprint density at radius 2 is 1.76 bits per heavy atom. The van der Waals surface area contributed by atoms with Gasteiger partial charge in [-0.3, -0.25) is 9.69 Å². The van der Waals surface area contributed by atoms with E-state index in [4.69, 9.17) is 9.47 Å². The number of hydrogen-bond donors (Lipinski definition) is 0. The van der Waals surface area contributed by atoms with E-state index >= 15 is 0 Å². The van der Waals surface area contributed by atoms with E-state index in [1.54, 1.807) is 4.90 Å². The van der Waals surface area contributed by atoms with Crippen molar-refractivity contribution in [2.45, 2.75) is 57.2 Å². The van der Waals surface area contributed by atoms with Crippen molar-refractivity contribution in [3.63, 3.8) is 0 Å². The smallest absolute Gasteiger partial charge is 0.243 e. The first-order valence-corrected chi connectivity index (χ1v) is 10.0. The van der Waals surface area contributed by atoms with Crippen LogP contribution in [0.2, 0.25) is 0 Å². The van der Waals surface area contributed by atoms with Gasteiger partial charge in [0.25, 0.3) is 0 Å². The molecule has 0 bridgehead atoms. The molecule has 3 heterocycles. The third-order valence-electron chi connectivity index (χ3n) is 6.20. The summed E-state index contributed by atoms with van der Waals surface area (Å²) in [6.45, 7) is 8.20. The fourth-order valence-electron chi connectivity index (χ4n) is 5.30. The number of amides is 1. The quantitative estimate of drug-likeness (QED) is 0.690. The first-order valence-electron chi connectivity index (χ1n) is 10.0. The molecule has 5 nitrogen and oxygen atoms in total. The number of ether oxygens (including phenoxy) is 2. The molecule has 0 saturated heterocycles. The molecule has 1 amide bonds. The van der Waals surface area contributed by atoms with Crippen LogP contribution < -0.4 is 14.4 Å². The molecule has 3 aliphatic rings. The fraction of sp³-hybridized carbons (Fsp3) is 0.417. The number of carbonyl (C=O) groups is 1. The molecule has 0 radical (unpaired) electrons. The lowest BCUT2D eigenvalue weighted by atomic mass is 9.66. The molecule has 0 aliphatic carbocycles. The van der Waals surface area contributed by atoms with E-state index in [0.29, 0.717) is 12.2 Å². The average molecular weight is 388 g/mol. The normalized spacial score (nSPS) is 24.9. The standard InChI is InChI=1S/C24H24N2O3/c1-22(2)13-15-11-17-20(12-19(15)28-22)29-23(3,4)14-24(17)16-7-5-6-8-18(16)26(10-9-25)21(24)27/h5-8,11-12H,10,13-14H2,1-4H3. The van der Waals surface area contributed by atoms with Crippen molar-refractivity contribution in [2.24, 2.45) is 0 Å². The number of nitrogens with zero attached hydrogens (tertiary/aromatic N) is 2. The molecule has 0 aromatic heterocycles. The lowest BCUT2D eigenvalue weighted by molar-refractivity contribution is -0.124. The van der Waals surface area contributed by atoms with Crippen LogP contribution in [0, 0.1) is 11.3 Å². The molecule has 3 aliphatic heterocycles. The lowest BCUT2D eigenvalue weighted by Gasteiger charge is -2.43. The molecule has 5 heteroatoms. The Balaban J connectivity index is 1.79. The number of para-hydroxylation sites is 1. The van der Waals surface area contributed by atoms with Crippen LogP contribution in [-0.2, 0) is 16.6 Å². The van der Waals surface area contributed by atoms with Gasteiger partial charge in [-0.15, -0.1) is 0 Å². The van der Waals surface area contributed by atoms with E-state index in [1.807, 2.05) is 44.2 Å². The van der Waals surface area contributed by atoms with Gasteiger partial charge < -0.3 is 9.47 Å². The van der Waals surface area contributed by atoms with Gasteiger partial charge in [0.15, 0.2) is 0 Å². The molecular formula is C24H24N2O3. The third-order valence-corrected chi connectivity index (χ3v) is 6.20. The molecular weight excluding hydrogens is 364 g/mol. The predicted molar refractivity (Wildman–Crippen MR) is 109 cm³/mol.